The minimum absolute atomic E-state index is 0.592. The van der Waals surface area contributed by atoms with E-state index in [2.05, 4.69) is 19.1 Å². The standard InChI is InChI=1S/C18H18O2/c1-2-5-13-8-10-14(11-9-13)18(19)17-12-15-6-3-4-7-16(15)20-17/h3-4,6-12,18-19H,2,5H2,1H3. The first-order valence-corrected chi connectivity index (χ1v) is 7.03. The van der Waals surface area contributed by atoms with E-state index in [4.69, 9.17) is 4.42 Å². The molecule has 3 aromatic rings. The largest absolute Gasteiger partial charge is 0.458 e. The number of hydrogen-bond acceptors (Lipinski definition) is 2. The van der Waals surface area contributed by atoms with Crippen LogP contribution in [-0.4, -0.2) is 5.11 Å². The Bertz CT molecular complexity index is 662. The number of aliphatic hydroxyl groups excluding tert-OH is 1. The fourth-order valence-electron chi connectivity index (χ4n) is 2.46. The molecule has 2 nitrogen and oxygen atoms in total. The minimum atomic E-state index is -0.710. The Morgan fingerprint density at radius 2 is 1.80 bits per heavy atom. The third-order valence-corrected chi connectivity index (χ3v) is 3.55. The second-order valence-corrected chi connectivity index (χ2v) is 5.08. The quantitative estimate of drug-likeness (QED) is 0.756. The number of hydrogen-bond donors (Lipinski definition) is 1. The summed E-state index contributed by atoms with van der Waals surface area (Å²) in [6.45, 7) is 2.16. The lowest BCUT2D eigenvalue weighted by atomic mass is 10.0. The number of para-hydroxylation sites is 1. The summed E-state index contributed by atoms with van der Waals surface area (Å²) in [6.07, 6.45) is 1.49. The van der Waals surface area contributed by atoms with Crippen LogP contribution in [-0.2, 0) is 6.42 Å². The highest BCUT2D eigenvalue weighted by Gasteiger charge is 2.15. The van der Waals surface area contributed by atoms with Gasteiger partial charge in [0.2, 0.25) is 0 Å². The molecule has 2 heteroatoms. The first-order valence-electron chi connectivity index (χ1n) is 7.03. The highest BCUT2D eigenvalue weighted by molar-refractivity contribution is 5.77. The predicted octanol–water partition coefficient (Wildman–Crippen LogP) is 4.47. The van der Waals surface area contributed by atoms with E-state index in [0.29, 0.717) is 5.76 Å². The van der Waals surface area contributed by atoms with Gasteiger partial charge in [-0.05, 0) is 29.7 Å². The summed E-state index contributed by atoms with van der Waals surface area (Å²) in [5.41, 5.74) is 2.97. The lowest BCUT2D eigenvalue weighted by molar-refractivity contribution is 0.192. The Labute approximate surface area is 118 Å². The molecule has 2 aromatic carbocycles. The van der Waals surface area contributed by atoms with Crippen LogP contribution in [0.2, 0.25) is 0 Å². The highest BCUT2D eigenvalue weighted by atomic mass is 16.4. The van der Waals surface area contributed by atoms with Crippen molar-refractivity contribution in [2.75, 3.05) is 0 Å². The number of aryl methyl sites for hydroxylation is 1. The zero-order chi connectivity index (χ0) is 13.9. The Morgan fingerprint density at radius 1 is 1.05 bits per heavy atom. The third kappa shape index (κ3) is 2.47. The molecule has 1 N–H and O–H groups in total. The van der Waals surface area contributed by atoms with Crippen molar-refractivity contribution in [3.05, 3.63) is 71.5 Å². The molecule has 1 heterocycles. The maximum Gasteiger partial charge on any atom is 0.138 e. The number of furan rings is 1. The molecule has 0 aliphatic heterocycles. The lowest BCUT2D eigenvalue weighted by Crippen LogP contribution is -1.98. The first kappa shape index (κ1) is 12.9. The van der Waals surface area contributed by atoms with Gasteiger partial charge in [0, 0.05) is 5.39 Å². The van der Waals surface area contributed by atoms with Crippen molar-refractivity contribution >= 4 is 11.0 Å². The number of fused-ring (bicyclic) bond motifs is 1. The van der Waals surface area contributed by atoms with Crippen LogP contribution >= 0.6 is 0 Å². The summed E-state index contributed by atoms with van der Waals surface area (Å²) < 4.78 is 5.71. The predicted molar refractivity (Wildman–Crippen MR) is 80.7 cm³/mol. The summed E-state index contributed by atoms with van der Waals surface area (Å²) in [5, 5.41) is 11.4. The maximum atomic E-state index is 10.4. The molecule has 20 heavy (non-hydrogen) atoms. The molecule has 0 spiro atoms. The molecule has 102 valence electrons. The molecule has 0 amide bonds. The monoisotopic (exact) mass is 266 g/mol. The van der Waals surface area contributed by atoms with Gasteiger partial charge in [-0.3, -0.25) is 0 Å². The molecule has 0 aliphatic rings. The number of benzene rings is 2. The van der Waals surface area contributed by atoms with Crippen LogP contribution < -0.4 is 0 Å². The Hall–Kier alpha value is -2.06. The van der Waals surface area contributed by atoms with E-state index < -0.39 is 6.10 Å². The van der Waals surface area contributed by atoms with Crippen molar-refractivity contribution in [2.24, 2.45) is 0 Å². The summed E-state index contributed by atoms with van der Waals surface area (Å²) in [5.74, 6) is 0.592. The lowest BCUT2D eigenvalue weighted by Gasteiger charge is -2.08. The molecule has 0 saturated heterocycles. The zero-order valence-electron chi connectivity index (χ0n) is 11.5. The average Bonchev–Trinajstić information content (AvgIpc) is 2.91. The van der Waals surface area contributed by atoms with Crippen LogP contribution in [0.15, 0.2) is 59.0 Å². The highest BCUT2D eigenvalue weighted by Crippen LogP contribution is 2.28. The molecule has 0 aliphatic carbocycles. The summed E-state index contributed by atoms with van der Waals surface area (Å²) in [7, 11) is 0. The Balaban J connectivity index is 1.89. The van der Waals surface area contributed by atoms with Crippen molar-refractivity contribution < 1.29 is 9.52 Å². The second kappa shape index (κ2) is 5.51. The van der Waals surface area contributed by atoms with E-state index in [1.54, 1.807) is 0 Å². The smallest absolute Gasteiger partial charge is 0.138 e. The van der Waals surface area contributed by atoms with Crippen molar-refractivity contribution in [1.82, 2.24) is 0 Å². The van der Waals surface area contributed by atoms with Gasteiger partial charge in [-0.2, -0.15) is 0 Å². The SMILES string of the molecule is CCCc1ccc(C(O)c2cc3ccccc3o2)cc1. The first-order chi connectivity index (χ1) is 9.78. The van der Waals surface area contributed by atoms with Crippen LogP contribution in [0.25, 0.3) is 11.0 Å². The second-order valence-electron chi connectivity index (χ2n) is 5.08. The van der Waals surface area contributed by atoms with Crippen LogP contribution in [0, 0.1) is 0 Å². The van der Waals surface area contributed by atoms with Crippen LogP contribution in [0.5, 0.6) is 0 Å². The van der Waals surface area contributed by atoms with Crippen LogP contribution in [0.1, 0.15) is 36.3 Å². The minimum Gasteiger partial charge on any atom is -0.458 e. The molecule has 1 aromatic heterocycles. The van der Waals surface area contributed by atoms with Gasteiger partial charge in [0.1, 0.15) is 17.4 Å². The van der Waals surface area contributed by atoms with Gasteiger partial charge >= 0.3 is 0 Å². The fraction of sp³-hybridized carbons (Fsp3) is 0.222. The van der Waals surface area contributed by atoms with Gasteiger partial charge < -0.3 is 9.52 Å². The van der Waals surface area contributed by atoms with Crippen molar-refractivity contribution in [3.63, 3.8) is 0 Å². The van der Waals surface area contributed by atoms with E-state index in [9.17, 15) is 5.11 Å². The number of aliphatic hydroxyl groups is 1. The summed E-state index contributed by atoms with van der Waals surface area (Å²) >= 11 is 0. The molecule has 3 rings (SSSR count). The Kier molecular flexibility index (Phi) is 3.57. The van der Waals surface area contributed by atoms with E-state index in [-0.39, 0.29) is 0 Å². The third-order valence-electron chi connectivity index (χ3n) is 3.55. The zero-order valence-corrected chi connectivity index (χ0v) is 11.5. The fourth-order valence-corrected chi connectivity index (χ4v) is 2.46. The van der Waals surface area contributed by atoms with Gasteiger partial charge in [-0.15, -0.1) is 0 Å². The van der Waals surface area contributed by atoms with Crippen molar-refractivity contribution in [1.29, 1.82) is 0 Å². The van der Waals surface area contributed by atoms with Gasteiger partial charge in [-0.1, -0.05) is 55.8 Å². The van der Waals surface area contributed by atoms with Gasteiger partial charge in [0.05, 0.1) is 0 Å². The molecule has 1 atom stereocenters. The summed E-state index contributed by atoms with van der Waals surface area (Å²) in [6, 6.07) is 17.8. The van der Waals surface area contributed by atoms with E-state index in [1.807, 2.05) is 42.5 Å². The van der Waals surface area contributed by atoms with E-state index in [1.165, 1.54) is 5.56 Å². The van der Waals surface area contributed by atoms with E-state index in [0.717, 1.165) is 29.4 Å². The van der Waals surface area contributed by atoms with Crippen molar-refractivity contribution in [2.45, 2.75) is 25.9 Å². The molecule has 0 fully saturated rings. The van der Waals surface area contributed by atoms with Crippen LogP contribution in [0.3, 0.4) is 0 Å². The molecule has 0 saturated carbocycles. The molecule has 0 bridgehead atoms. The van der Waals surface area contributed by atoms with Crippen molar-refractivity contribution in [3.8, 4) is 0 Å². The van der Waals surface area contributed by atoms with Gasteiger partial charge in [0.15, 0.2) is 0 Å². The van der Waals surface area contributed by atoms with E-state index >= 15 is 0 Å². The molecule has 0 radical (unpaired) electrons. The van der Waals surface area contributed by atoms with Crippen LogP contribution in [0.4, 0.5) is 0 Å². The van der Waals surface area contributed by atoms with Gasteiger partial charge in [0.25, 0.3) is 0 Å². The van der Waals surface area contributed by atoms with Gasteiger partial charge in [-0.25, -0.2) is 0 Å². The molecule has 1 unspecified atom stereocenters. The topological polar surface area (TPSA) is 33.4 Å². The molecular formula is C18H18O2. The average molecular weight is 266 g/mol. The summed E-state index contributed by atoms with van der Waals surface area (Å²) in [4.78, 5) is 0. The number of rotatable bonds is 4. The maximum absolute atomic E-state index is 10.4. The molecular weight excluding hydrogens is 248 g/mol. The normalized spacial score (nSPS) is 12.7. The Morgan fingerprint density at radius 3 is 2.50 bits per heavy atom.